The first kappa shape index (κ1) is 16.2. The molecule has 0 amide bonds. The van der Waals surface area contributed by atoms with Crippen molar-refractivity contribution in [2.75, 3.05) is 19.7 Å². The number of nitrogens with zero attached hydrogens (tertiary/aromatic N) is 1. The third-order valence-electron chi connectivity index (χ3n) is 4.09. The van der Waals surface area contributed by atoms with Crippen LogP contribution in [0.3, 0.4) is 0 Å². The summed E-state index contributed by atoms with van der Waals surface area (Å²) in [4.78, 5) is 2.70. The molecule has 1 atom stereocenters. The van der Waals surface area contributed by atoms with Crippen LogP contribution in [0.15, 0.2) is 24.3 Å². The predicted molar refractivity (Wildman–Crippen MR) is 88.7 cm³/mol. The van der Waals surface area contributed by atoms with Gasteiger partial charge in [-0.15, -0.1) is 0 Å². The molecule has 1 fully saturated rings. The van der Waals surface area contributed by atoms with Gasteiger partial charge < -0.3 is 15.6 Å². The molecule has 21 heavy (non-hydrogen) atoms. The van der Waals surface area contributed by atoms with Gasteiger partial charge in [0.2, 0.25) is 0 Å². The van der Waals surface area contributed by atoms with Gasteiger partial charge in [0, 0.05) is 17.6 Å². The molecule has 0 aromatic heterocycles. The maximum atomic E-state index is 10.1. The molecule has 0 aliphatic carbocycles. The quantitative estimate of drug-likeness (QED) is 0.787. The van der Waals surface area contributed by atoms with Crippen LogP contribution in [0, 0.1) is 0 Å². The lowest BCUT2D eigenvalue weighted by molar-refractivity contribution is 0.0464. The third kappa shape index (κ3) is 4.40. The fourth-order valence-electron chi connectivity index (χ4n) is 2.72. The zero-order chi connectivity index (χ0) is 15.5. The van der Waals surface area contributed by atoms with Gasteiger partial charge in [0.15, 0.2) is 0 Å². The van der Waals surface area contributed by atoms with Gasteiger partial charge in [-0.05, 0) is 57.5 Å². The fourth-order valence-corrected chi connectivity index (χ4v) is 2.85. The molecule has 1 unspecified atom stereocenters. The number of likely N-dealkylation sites (tertiary alicyclic amines) is 1. The second-order valence-corrected chi connectivity index (χ2v) is 6.66. The molecule has 0 radical (unpaired) electrons. The Morgan fingerprint density at radius 2 is 2.10 bits per heavy atom. The molecule has 5 heteroatoms. The number of thiocarbonyl (C=S) groups is 1. The Kier molecular flexibility index (Phi) is 5.19. The van der Waals surface area contributed by atoms with Gasteiger partial charge in [-0.1, -0.05) is 12.2 Å². The van der Waals surface area contributed by atoms with Crippen molar-refractivity contribution in [3.05, 3.63) is 29.8 Å². The summed E-state index contributed by atoms with van der Waals surface area (Å²) in [6, 6.07) is 7.29. The molecule has 2 rings (SSSR count). The summed E-state index contributed by atoms with van der Waals surface area (Å²) in [6.07, 6.45) is 1.89. The largest absolute Gasteiger partial charge is 0.491 e. The van der Waals surface area contributed by atoms with Crippen LogP contribution >= 0.6 is 12.2 Å². The Hall–Kier alpha value is -1.17. The molecule has 1 saturated heterocycles. The lowest BCUT2D eigenvalue weighted by Gasteiger charge is -2.33. The van der Waals surface area contributed by atoms with E-state index in [1.54, 1.807) is 0 Å². The number of hydrogen-bond acceptors (Lipinski definition) is 4. The van der Waals surface area contributed by atoms with Gasteiger partial charge in [-0.25, -0.2) is 0 Å². The standard InChI is InChI=1S/C16H24N2O2S/c1-16(2)8-3-9-18(16)10-13(19)11-20-14-6-4-12(5-7-14)15(17)21/h4-7,13,19H,3,8-11H2,1-2H3,(H2,17,21). The first-order valence-electron chi connectivity index (χ1n) is 7.34. The molecular formula is C16H24N2O2S. The first-order chi connectivity index (χ1) is 9.88. The Balaban J connectivity index is 1.81. The molecule has 4 nitrogen and oxygen atoms in total. The lowest BCUT2D eigenvalue weighted by Crippen LogP contribution is -2.44. The third-order valence-corrected chi connectivity index (χ3v) is 4.32. The summed E-state index contributed by atoms with van der Waals surface area (Å²) in [5.41, 5.74) is 6.54. The summed E-state index contributed by atoms with van der Waals surface area (Å²) in [5, 5.41) is 10.1. The molecule has 116 valence electrons. The van der Waals surface area contributed by atoms with E-state index in [9.17, 15) is 5.11 Å². The number of hydrogen-bond donors (Lipinski definition) is 2. The summed E-state index contributed by atoms with van der Waals surface area (Å²) in [5.74, 6) is 0.717. The van der Waals surface area contributed by atoms with Crippen LogP contribution in [0.5, 0.6) is 5.75 Å². The van der Waals surface area contributed by atoms with Crippen molar-refractivity contribution in [2.45, 2.75) is 38.3 Å². The van der Waals surface area contributed by atoms with Crippen LogP contribution in [0.25, 0.3) is 0 Å². The summed E-state index contributed by atoms with van der Waals surface area (Å²) in [6.45, 7) is 6.44. The van der Waals surface area contributed by atoms with Gasteiger partial charge >= 0.3 is 0 Å². The number of rotatable bonds is 6. The van der Waals surface area contributed by atoms with Crippen molar-refractivity contribution < 1.29 is 9.84 Å². The summed E-state index contributed by atoms with van der Waals surface area (Å²) < 4.78 is 5.62. The Morgan fingerprint density at radius 1 is 1.43 bits per heavy atom. The smallest absolute Gasteiger partial charge is 0.119 e. The van der Waals surface area contributed by atoms with E-state index in [-0.39, 0.29) is 5.54 Å². The monoisotopic (exact) mass is 308 g/mol. The van der Waals surface area contributed by atoms with Crippen molar-refractivity contribution in [1.82, 2.24) is 4.90 Å². The highest BCUT2D eigenvalue weighted by atomic mass is 32.1. The van der Waals surface area contributed by atoms with Crippen molar-refractivity contribution in [1.29, 1.82) is 0 Å². The van der Waals surface area contributed by atoms with E-state index in [1.165, 1.54) is 12.8 Å². The molecule has 3 N–H and O–H groups in total. The molecule has 1 heterocycles. The van der Waals surface area contributed by atoms with Crippen molar-refractivity contribution in [3.8, 4) is 5.75 Å². The molecule has 0 bridgehead atoms. The van der Waals surface area contributed by atoms with E-state index < -0.39 is 6.10 Å². The minimum atomic E-state index is -0.488. The van der Waals surface area contributed by atoms with E-state index in [0.29, 0.717) is 18.1 Å². The molecule has 0 spiro atoms. The number of β-amino-alcohol motifs (C(OH)–C–C–N with tert-alkyl or cyclic N) is 1. The highest BCUT2D eigenvalue weighted by molar-refractivity contribution is 7.80. The zero-order valence-corrected chi connectivity index (χ0v) is 13.5. The van der Waals surface area contributed by atoms with Crippen molar-refractivity contribution in [2.24, 2.45) is 5.73 Å². The van der Waals surface area contributed by atoms with Crippen LogP contribution in [0.4, 0.5) is 0 Å². The lowest BCUT2D eigenvalue weighted by atomic mass is 10.0. The second kappa shape index (κ2) is 6.73. The minimum absolute atomic E-state index is 0.180. The maximum Gasteiger partial charge on any atom is 0.119 e. The molecule has 0 saturated carbocycles. The summed E-state index contributed by atoms with van der Waals surface area (Å²) in [7, 11) is 0. The Labute approximate surface area is 131 Å². The van der Waals surface area contributed by atoms with E-state index >= 15 is 0 Å². The highest BCUT2D eigenvalue weighted by Gasteiger charge is 2.32. The molecule has 1 aliphatic heterocycles. The van der Waals surface area contributed by atoms with E-state index in [0.717, 1.165) is 17.9 Å². The Bertz CT molecular complexity index is 488. The SMILES string of the molecule is CC1(C)CCCN1CC(O)COc1ccc(C(N)=S)cc1. The predicted octanol–water partition coefficient (Wildman–Crippen LogP) is 1.93. The Morgan fingerprint density at radius 3 is 2.62 bits per heavy atom. The first-order valence-corrected chi connectivity index (χ1v) is 7.75. The number of benzene rings is 1. The average molecular weight is 308 g/mol. The number of aliphatic hydroxyl groups is 1. The van der Waals surface area contributed by atoms with E-state index in [1.807, 2.05) is 24.3 Å². The molecule has 1 aromatic rings. The molecule has 1 aliphatic rings. The van der Waals surface area contributed by atoms with Gasteiger partial charge in [-0.2, -0.15) is 0 Å². The van der Waals surface area contributed by atoms with Crippen LogP contribution in [-0.2, 0) is 0 Å². The highest BCUT2D eigenvalue weighted by Crippen LogP contribution is 2.28. The normalized spacial score (nSPS) is 19.4. The van der Waals surface area contributed by atoms with E-state index in [4.69, 9.17) is 22.7 Å². The van der Waals surface area contributed by atoms with E-state index in [2.05, 4.69) is 18.7 Å². The fraction of sp³-hybridized carbons (Fsp3) is 0.562. The average Bonchev–Trinajstić information content (AvgIpc) is 2.76. The summed E-state index contributed by atoms with van der Waals surface area (Å²) >= 11 is 4.90. The van der Waals surface area contributed by atoms with Crippen molar-refractivity contribution >= 4 is 17.2 Å². The van der Waals surface area contributed by atoms with Gasteiger partial charge in [0.25, 0.3) is 0 Å². The molecular weight excluding hydrogens is 284 g/mol. The van der Waals surface area contributed by atoms with Gasteiger partial charge in [-0.3, -0.25) is 4.90 Å². The van der Waals surface area contributed by atoms with Crippen LogP contribution in [-0.4, -0.2) is 46.3 Å². The maximum absolute atomic E-state index is 10.1. The molecule has 1 aromatic carbocycles. The van der Waals surface area contributed by atoms with Crippen LogP contribution < -0.4 is 10.5 Å². The number of ether oxygens (including phenoxy) is 1. The topological polar surface area (TPSA) is 58.7 Å². The number of nitrogens with two attached hydrogens (primary N) is 1. The van der Waals surface area contributed by atoms with Crippen LogP contribution in [0.1, 0.15) is 32.3 Å². The van der Waals surface area contributed by atoms with Gasteiger partial charge in [0.05, 0.1) is 0 Å². The van der Waals surface area contributed by atoms with Gasteiger partial charge in [0.1, 0.15) is 23.4 Å². The zero-order valence-electron chi connectivity index (χ0n) is 12.7. The second-order valence-electron chi connectivity index (χ2n) is 6.22. The van der Waals surface area contributed by atoms with Crippen LogP contribution in [0.2, 0.25) is 0 Å². The van der Waals surface area contributed by atoms with Crippen molar-refractivity contribution in [3.63, 3.8) is 0 Å². The number of aliphatic hydroxyl groups excluding tert-OH is 1. The minimum Gasteiger partial charge on any atom is -0.491 e.